The van der Waals surface area contributed by atoms with Crippen molar-refractivity contribution in [2.45, 2.75) is 39.3 Å². The Balaban J connectivity index is 3.88. The minimum atomic E-state index is -4.34. The molecule has 0 aromatic heterocycles. The summed E-state index contributed by atoms with van der Waals surface area (Å²) in [5, 5.41) is 1.86. The third-order valence-corrected chi connectivity index (χ3v) is 2.71. The Hall–Kier alpha value is -0.780. The molecule has 0 aliphatic heterocycles. The molecule has 3 nitrogen and oxygen atoms in total. The van der Waals surface area contributed by atoms with E-state index in [0.717, 1.165) is 6.42 Å². The van der Waals surface area contributed by atoms with Gasteiger partial charge < -0.3 is 11.1 Å². The molecule has 3 N–H and O–H groups in total. The zero-order valence-corrected chi connectivity index (χ0v) is 10.3. The molecule has 0 aromatic carbocycles. The van der Waals surface area contributed by atoms with Gasteiger partial charge in [-0.1, -0.05) is 13.8 Å². The van der Waals surface area contributed by atoms with Crippen LogP contribution in [0.1, 0.15) is 33.1 Å². The van der Waals surface area contributed by atoms with Crippen LogP contribution in [0.15, 0.2) is 0 Å². The Labute approximate surface area is 99.9 Å². The molecule has 0 aromatic rings. The van der Waals surface area contributed by atoms with Crippen LogP contribution in [-0.2, 0) is 4.79 Å². The van der Waals surface area contributed by atoms with Crippen LogP contribution in [0.5, 0.6) is 0 Å². The van der Waals surface area contributed by atoms with E-state index in [2.05, 4.69) is 0 Å². The van der Waals surface area contributed by atoms with Crippen LogP contribution in [-0.4, -0.2) is 25.2 Å². The van der Waals surface area contributed by atoms with Gasteiger partial charge in [-0.15, -0.1) is 0 Å². The molecule has 6 heteroatoms. The zero-order chi connectivity index (χ0) is 13.5. The van der Waals surface area contributed by atoms with E-state index in [1.54, 1.807) is 0 Å². The number of hydrogen-bond acceptors (Lipinski definition) is 2. The van der Waals surface area contributed by atoms with Crippen LogP contribution >= 0.6 is 0 Å². The number of amides is 1. The van der Waals surface area contributed by atoms with Gasteiger partial charge >= 0.3 is 6.18 Å². The first-order valence-corrected chi connectivity index (χ1v) is 5.79. The summed E-state index contributed by atoms with van der Waals surface area (Å²) < 4.78 is 35.5. The van der Waals surface area contributed by atoms with Crippen molar-refractivity contribution in [2.24, 2.45) is 17.6 Å². The van der Waals surface area contributed by atoms with E-state index in [1.165, 1.54) is 0 Å². The number of carbonyl (C=O) groups excluding carboxylic acids is 1. The van der Waals surface area contributed by atoms with Crippen molar-refractivity contribution in [1.82, 2.24) is 5.32 Å². The summed E-state index contributed by atoms with van der Waals surface area (Å²) in [6, 6.07) is 0. The highest BCUT2D eigenvalue weighted by Crippen LogP contribution is 2.20. The largest absolute Gasteiger partial charge is 0.405 e. The maximum atomic E-state index is 11.8. The van der Waals surface area contributed by atoms with E-state index < -0.39 is 18.6 Å². The smallest absolute Gasteiger partial charge is 0.347 e. The summed E-state index contributed by atoms with van der Waals surface area (Å²) in [6.07, 6.45) is -2.84. The first-order chi connectivity index (χ1) is 7.76. The van der Waals surface area contributed by atoms with Gasteiger partial charge in [0.05, 0.1) is 0 Å². The highest BCUT2D eigenvalue weighted by Gasteiger charge is 2.27. The molecular weight excluding hydrogens is 233 g/mol. The van der Waals surface area contributed by atoms with Gasteiger partial charge in [-0.2, -0.15) is 13.2 Å². The van der Waals surface area contributed by atoms with Crippen LogP contribution in [0, 0.1) is 11.8 Å². The van der Waals surface area contributed by atoms with Crippen LogP contribution < -0.4 is 11.1 Å². The summed E-state index contributed by atoms with van der Waals surface area (Å²) in [7, 11) is 0. The quantitative estimate of drug-likeness (QED) is 0.730. The molecule has 1 amide bonds. The number of halogens is 3. The molecule has 1 atom stereocenters. The molecule has 0 bridgehead atoms. The van der Waals surface area contributed by atoms with Crippen LogP contribution in [0.25, 0.3) is 0 Å². The maximum absolute atomic E-state index is 11.8. The fourth-order valence-electron chi connectivity index (χ4n) is 1.63. The summed E-state index contributed by atoms with van der Waals surface area (Å²) in [5.41, 5.74) is 5.44. The predicted molar refractivity (Wildman–Crippen MR) is 60.3 cm³/mol. The monoisotopic (exact) mass is 254 g/mol. The Kier molecular flexibility index (Phi) is 7.18. The summed E-state index contributed by atoms with van der Waals surface area (Å²) in [6.45, 7) is 3.32. The van der Waals surface area contributed by atoms with Crippen molar-refractivity contribution >= 4 is 5.91 Å². The second-order valence-corrected chi connectivity index (χ2v) is 4.51. The maximum Gasteiger partial charge on any atom is 0.405 e. The van der Waals surface area contributed by atoms with E-state index in [9.17, 15) is 18.0 Å². The lowest BCUT2D eigenvalue weighted by molar-refractivity contribution is -0.138. The lowest BCUT2D eigenvalue weighted by Crippen LogP contribution is -2.34. The minimum absolute atomic E-state index is 0.124. The average Bonchev–Trinajstić information content (AvgIpc) is 2.19. The SMILES string of the molecule is CC(C)C(CCN)CCC(=O)NCC(F)(F)F. The number of nitrogens with one attached hydrogen (secondary N) is 1. The van der Waals surface area contributed by atoms with Crippen molar-refractivity contribution < 1.29 is 18.0 Å². The molecule has 0 aliphatic carbocycles. The Morgan fingerprint density at radius 1 is 1.29 bits per heavy atom. The molecule has 0 rings (SSSR count). The second-order valence-electron chi connectivity index (χ2n) is 4.51. The molecule has 0 fully saturated rings. The number of carbonyl (C=O) groups is 1. The van der Waals surface area contributed by atoms with Crippen molar-refractivity contribution in [2.75, 3.05) is 13.1 Å². The summed E-state index contributed by atoms with van der Waals surface area (Å²) >= 11 is 0. The van der Waals surface area contributed by atoms with Gasteiger partial charge in [0, 0.05) is 6.42 Å². The molecular formula is C11H21F3N2O. The van der Waals surface area contributed by atoms with Gasteiger partial charge in [-0.05, 0) is 31.2 Å². The molecule has 0 aliphatic rings. The third-order valence-electron chi connectivity index (χ3n) is 2.71. The molecule has 0 spiro atoms. The normalized spacial score (nSPS) is 13.8. The Morgan fingerprint density at radius 3 is 2.29 bits per heavy atom. The number of hydrogen-bond donors (Lipinski definition) is 2. The summed E-state index contributed by atoms with van der Waals surface area (Å²) in [5.74, 6) is 0.121. The molecule has 0 saturated heterocycles. The fourth-order valence-corrected chi connectivity index (χ4v) is 1.63. The highest BCUT2D eigenvalue weighted by atomic mass is 19.4. The van der Waals surface area contributed by atoms with Gasteiger partial charge in [-0.3, -0.25) is 4.79 Å². The average molecular weight is 254 g/mol. The third kappa shape index (κ3) is 8.97. The van der Waals surface area contributed by atoms with E-state index in [-0.39, 0.29) is 12.3 Å². The van der Waals surface area contributed by atoms with Gasteiger partial charge in [0.1, 0.15) is 6.54 Å². The second kappa shape index (κ2) is 7.53. The number of rotatable bonds is 7. The van der Waals surface area contributed by atoms with Crippen molar-refractivity contribution in [3.05, 3.63) is 0 Å². The van der Waals surface area contributed by atoms with E-state index in [4.69, 9.17) is 5.73 Å². The predicted octanol–water partition coefficient (Wildman–Crippen LogP) is 2.07. The number of nitrogens with two attached hydrogens (primary N) is 1. The van der Waals surface area contributed by atoms with Gasteiger partial charge in [0.15, 0.2) is 0 Å². The minimum Gasteiger partial charge on any atom is -0.347 e. The van der Waals surface area contributed by atoms with Crippen molar-refractivity contribution in [3.8, 4) is 0 Å². The van der Waals surface area contributed by atoms with Gasteiger partial charge in [0.25, 0.3) is 0 Å². The molecule has 0 heterocycles. The molecule has 0 radical (unpaired) electrons. The lowest BCUT2D eigenvalue weighted by atomic mass is 9.88. The van der Waals surface area contributed by atoms with Crippen molar-refractivity contribution in [1.29, 1.82) is 0 Å². The topological polar surface area (TPSA) is 55.1 Å². The van der Waals surface area contributed by atoms with E-state index in [0.29, 0.717) is 18.9 Å². The zero-order valence-electron chi connectivity index (χ0n) is 10.3. The Bertz CT molecular complexity index is 229. The van der Waals surface area contributed by atoms with Gasteiger partial charge in [-0.25, -0.2) is 0 Å². The Morgan fingerprint density at radius 2 is 1.88 bits per heavy atom. The van der Waals surface area contributed by atoms with Crippen molar-refractivity contribution in [3.63, 3.8) is 0 Å². The van der Waals surface area contributed by atoms with Crippen LogP contribution in [0.3, 0.4) is 0 Å². The summed E-state index contributed by atoms with van der Waals surface area (Å²) in [4.78, 5) is 11.2. The van der Waals surface area contributed by atoms with Gasteiger partial charge in [0.2, 0.25) is 5.91 Å². The molecule has 17 heavy (non-hydrogen) atoms. The number of alkyl halides is 3. The van der Waals surface area contributed by atoms with E-state index >= 15 is 0 Å². The molecule has 102 valence electrons. The standard InChI is InChI=1S/C11H21F3N2O/c1-8(2)9(5-6-15)3-4-10(17)16-7-11(12,13)14/h8-9H,3-7,15H2,1-2H3,(H,16,17). The highest BCUT2D eigenvalue weighted by molar-refractivity contribution is 5.75. The first kappa shape index (κ1) is 16.2. The lowest BCUT2D eigenvalue weighted by Gasteiger charge is -2.19. The first-order valence-electron chi connectivity index (χ1n) is 5.79. The van der Waals surface area contributed by atoms with Crippen LogP contribution in [0.2, 0.25) is 0 Å². The molecule has 0 saturated carbocycles. The fraction of sp³-hybridized carbons (Fsp3) is 0.909. The van der Waals surface area contributed by atoms with E-state index in [1.807, 2.05) is 19.2 Å². The molecule has 1 unspecified atom stereocenters. The van der Waals surface area contributed by atoms with Crippen LogP contribution in [0.4, 0.5) is 13.2 Å².